The Morgan fingerprint density at radius 2 is 1.79 bits per heavy atom. The summed E-state index contributed by atoms with van der Waals surface area (Å²) < 4.78 is 86.2. The van der Waals surface area contributed by atoms with E-state index in [1.165, 1.54) is 12.1 Å². The van der Waals surface area contributed by atoms with E-state index in [1.807, 2.05) is 0 Å². The van der Waals surface area contributed by atoms with Gasteiger partial charge in [-0.25, -0.2) is 22.9 Å². The molecule has 3 aromatic rings. The molecule has 0 saturated heterocycles. The zero-order chi connectivity index (χ0) is 24.3. The second-order valence-corrected chi connectivity index (χ2v) is 6.86. The average molecular weight is 470 g/mol. The monoisotopic (exact) mass is 470 g/mol. The van der Waals surface area contributed by atoms with Gasteiger partial charge in [0.2, 0.25) is 5.88 Å². The quantitative estimate of drug-likeness (QED) is 0.382. The topological polar surface area (TPSA) is 71.5 Å². The minimum Gasteiger partial charge on any atom is -0.478 e. The van der Waals surface area contributed by atoms with Gasteiger partial charge in [0.25, 0.3) is 0 Å². The van der Waals surface area contributed by atoms with E-state index in [0.717, 1.165) is 24.4 Å². The molecule has 2 N–H and O–H groups in total. The van der Waals surface area contributed by atoms with Gasteiger partial charge in [-0.2, -0.15) is 13.2 Å². The molecule has 0 amide bonds. The molecular weight excluding hydrogens is 454 g/mol. The van der Waals surface area contributed by atoms with Gasteiger partial charge >= 0.3 is 12.1 Å². The third-order valence-corrected chi connectivity index (χ3v) is 4.64. The number of carboxylic acids is 1. The number of nitrogens with one attached hydrogen (secondary N) is 1. The summed E-state index contributed by atoms with van der Waals surface area (Å²) in [6.45, 7) is 1.57. The Morgan fingerprint density at radius 3 is 2.36 bits per heavy atom. The van der Waals surface area contributed by atoms with E-state index in [0.29, 0.717) is 12.1 Å². The van der Waals surface area contributed by atoms with Crippen molar-refractivity contribution >= 4 is 11.7 Å². The maximum atomic E-state index is 14.2. The molecule has 0 bridgehead atoms. The Morgan fingerprint density at radius 1 is 1.12 bits per heavy atom. The number of hydrogen-bond donors (Lipinski definition) is 2. The van der Waals surface area contributed by atoms with Crippen LogP contribution < -0.4 is 10.1 Å². The fourth-order valence-electron chi connectivity index (χ4n) is 3.14. The summed E-state index contributed by atoms with van der Waals surface area (Å²) in [5.74, 6) is -5.92. The summed E-state index contributed by atoms with van der Waals surface area (Å²) in [6.07, 6.45) is -3.58. The second-order valence-electron chi connectivity index (χ2n) is 6.86. The Bertz CT molecular complexity index is 1160. The first-order chi connectivity index (χ1) is 15.5. The summed E-state index contributed by atoms with van der Waals surface area (Å²) >= 11 is 0. The van der Waals surface area contributed by atoms with E-state index < -0.39 is 58.2 Å². The molecule has 33 heavy (non-hydrogen) atoms. The van der Waals surface area contributed by atoms with Crippen molar-refractivity contribution in [2.45, 2.75) is 25.6 Å². The van der Waals surface area contributed by atoms with Crippen molar-refractivity contribution in [3.63, 3.8) is 0 Å². The molecule has 0 aliphatic heterocycles. The number of halogens is 6. The van der Waals surface area contributed by atoms with Crippen LogP contribution in [0.3, 0.4) is 0 Å². The number of ether oxygens (including phenoxy) is 1. The number of aromatic carboxylic acids is 1. The van der Waals surface area contributed by atoms with Gasteiger partial charge in [-0.1, -0.05) is 6.92 Å². The molecule has 1 atom stereocenters. The van der Waals surface area contributed by atoms with E-state index in [9.17, 15) is 36.2 Å². The van der Waals surface area contributed by atoms with Crippen LogP contribution in [0.2, 0.25) is 0 Å². The lowest BCUT2D eigenvalue weighted by Crippen LogP contribution is -2.16. The lowest BCUT2D eigenvalue weighted by molar-refractivity contribution is -0.138. The maximum absolute atomic E-state index is 14.2. The third kappa shape index (κ3) is 5.36. The van der Waals surface area contributed by atoms with E-state index in [2.05, 4.69) is 10.3 Å². The lowest BCUT2D eigenvalue weighted by atomic mass is 10.0. The number of nitrogens with zero attached hydrogens (tertiary/aromatic N) is 1. The van der Waals surface area contributed by atoms with Gasteiger partial charge < -0.3 is 15.2 Å². The Hall–Kier alpha value is -3.76. The third-order valence-electron chi connectivity index (χ3n) is 4.64. The van der Waals surface area contributed by atoms with E-state index in [-0.39, 0.29) is 17.9 Å². The number of benzene rings is 2. The number of hydrogen-bond acceptors (Lipinski definition) is 4. The lowest BCUT2D eigenvalue weighted by Gasteiger charge is -2.21. The molecule has 174 valence electrons. The van der Waals surface area contributed by atoms with Crippen LogP contribution >= 0.6 is 0 Å². The molecule has 0 saturated carbocycles. The zero-order valence-electron chi connectivity index (χ0n) is 16.9. The van der Waals surface area contributed by atoms with Crippen LogP contribution in [0.4, 0.5) is 32.0 Å². The molecule has 1 heterocycles. The fourth-order valence-corrected chi connectivity index (χ4v) is 3.14. The number of aromatic nitrogens is 1. The highest BCUT2D eigenvalue weighted by Gasteiger charge is 2.35. The number of anilines is 1. The van der Waals surface area contributed by atoms with Gasteiger partial charge in [0.05, 0.1) is 11.6 Å². The van der Waals surface area contributed by atoms with Crippen molar-refractivity contribution in [1.82, 2.24) is 4.98 Å². The van der Waals surface area contributed by atoms with Crippen molar-refractivity contribution in [3.05, 3.63) is 82.8 Å². The van der Waals surface area contributed by atoms with Gasteiger partial charge in [-0.3, -0.25) is 0 Å². The fraction of sp³-hybridized carbons (Fsp3) is 0.182. The molecule has 0 fully saturated rings. The molecule has 0 aliphatic carbocycles. The summed E-state index contributed by atoms with van der Waals surface area (Å²) in [5.41, 5.74) is -2.16. The first-order valence-corrected chi connectivity index (χ1v) is 9.49. The smallest absolute Gasteiger partial charge is 0.421 e. The molecule has 0 radical (unpaired) electrons. The molecule has 2 aromatic carbocycles. The number of carboxylic acid groups (broad SMARTS) is 1. The van der Waals surface area contributed by atoms with E-state index in [1.54, 1.807) is 6.92 Å². The SMILES string of the molecule is CC[C@@H](Nc1ccc(Oc2ncccc2C(F)(F)F)cc1C(=O)O)c1c(F)cc(F)cc1F. The molecule has 3 rings (SSSR count). The van der Waals surface area contributed by atoms with Crippen LogP contribution in [0.25, 0.3) is 0 Å². The summed E-state index contributed by atoms with van der Waals surface area (Å²) in [6, 6.07) is 5.07. The number of carbonyl (C=O) groups is 1. The summed E-state index contributed by atoms with van der Waals surface area (Å²) in [4.78, 5) is 15.3. The second kappa shape index (κ2) is 9.39. The van der Waals surface area contributed by atoms with Crippen molar-refractivity contribution in [2.24, 2.45) is 0 Å². The minimum absolute atomic E-state index is 0.0816. The molecule has 1 aromatic heterocycles. The normalized spacial score (nSPS) is 12.3. The predicted molar refractivity (Wildman–Crippen MR) is 106 cm³/mol. The number of pyridine rings is 1. The Labute approximate surface area is 183 Å². The zero-order valence-corrected chi connectivity index (χ0v) is 16.9. The highest BCUT2D eigenvalue weighted by molar-refractivity contribution is 5.94. The molecular formula is C22H16F6N2O3. The Balaban J connectivity index is 1.95. The van der Waals surface area contributed by atoms with Crippen LogP contribution in [-0.4, -0.2) is 16.1 Å². The van der Waals surface area contributed by atoms with Gasteiger partial charge in [-0.05, 0) is 36.8 Å². The summed E-state index contributed by atoms with van der Waals surface area (Å²) in [7, 11) is 0. The van der Waals surface area contributed by atoms with Crippen molar-refractivity contribution in [3.8, 4) is 11.6 Å². The van der Waals surface area contributed by atoms with E-state index >= 15 is 0 Å². The van der Waals surface area contributed by atoms with Gasteiger partial charge in [0, 0.05) is 29.6 Å². The first kappa shape index (κ1) is 23.9. The first-order valence-electron chi connectivity index (χ1n) is 9.49. The Kier molecular flexibility index (Phi) is 6.80. The molecule has 11 heteroatoms. The summed E-state index contributed by atoms with van der Waals surface area (Å²) in [5, 5.41) is 12.2. The van der Waals surface area contributed by atoms with Crippen LogP contribution in [0.1, 0.15) is 40.9 Å². The average Bonchev–Trinajstić information content (AvgIpc) is 2.72. The number of alkyl halides is 3. The van der Waals surface area contributed by atoms with Gasteiger partial charge in [0.1, 0.15) is 28.8 Å². The molecule has 0 spiro atoms. The van der Waals surface area contributed by atoms with E-state index in [4.69, 9.17) is 4.74 Å². The highest BCUT2D eigenvalue weighted by Crippen LogP contribution is 2.37. The predicted octanol–water partition coefficient (Wildman–Crippen LogP) is 6.57. The maximum Gasteiger partial charge on any atom is 0.421 e. The standard InChI is InChI=1S/C22H16F6N2O3/c1-2-17(19-15(24)8-11(23)9-16(19)25)30-18-6-5-12(10-13(18)21(31)32)33-20-14(22(26,27)28)4-3-7-29-20/h3-10,17,30H,2H2,1H3,(H,31,32)/t17-/m1/s1. The van der Waals surface area contributed by atoms with Crippen LogP contribution in [0.5, 0.6) is 11.6 Å². The minimum atomic E-state index is -4.75. The van der Waals surface area contributed by atoms with Crippen molar-refractivity contribution in [2.75, 3.05) is 5.32 Å². The molecule has 0 aliphatic rings. The molecule has 5 nitrogen and oxygen atoms in total. The van der Waals surface area contributed by atoms with Crippen LogP contribution in [0, 0.1) is 17.5 Å². The van der Waals surface area contributed by atoms with Crippen molar-refractivity contribution in [1.29, 1.82) is 0 Å². The highest BCUT2D eigenvalue weighted by atomic mass is 19.4. The van der Waals surface area contributed by atoms with Gasteiger partial charge in [0.15, 0.2) is 0 Å². The van der Waals surface area contributed by atoms with Crippen LogP contribution in [-0.2, 0) is 6.18 Å². The molecule has 0 unspecified atom stereocenters. The largest absolute Gasteiger partial charge is 0.478 e. The van der Waals surface area contributed by atoms with Crippen LogP contribution in [0.15, 0.2) is 48.7 Å². The van der Waals surface area contributed by atoms with Crippen molar-refractivity contribution < 1.29 is 41.0 Å². The number of rotatable bonds is 7. The van der Waals surface area contributed by atoms with Gasteiger partial charge in [-0.15, -0.1) is 0 Å².